The number of hydrogen-bond acceptors (Lipinski definition) is 4. The summed E-state index contributed by atoms with van der Waals surface area (Å²) in [5, 5.41) is 24.5. The van der Waals surface area contributed by atoms with E-state index in [0.717, 1.165) is 51.4 Å². The maximum absolute atomic E-state index is 12.8. The molecule has 5 nitrogen and oxygen atoms in total. The number of hydrogen-bond donors (Lipinski definition) is 4. The third-order valence-corrected chi connectivity index (χ3v) is 9.33. The number of rotatable bonds is 3. The molecule has 4 aliphatic rings. The van der Waals surface area contributed by atoms with E-state index in [1.54, 1.807) is 0 Å². The first-order chi connectivity index (χ1) is 12.8. The quantitative estimate of drug-likeness (QED) is 0.604. The SMILES string of the molecule is CC12CCC(O)CC1CCC1C2C(O)C[C@@]2(C)C1CC[C@@H]2C(=O)NCCN. The summed E-state index contributed by atoms with van der Waals surface area (Å²) >= 11 is 0. The van der Waals surface area contributed by atoms with Gasteiger partial charge in [0.05, 0.1) is 12.2 Å². The molecule has 9 atom stereocenters. The maximum Gasteiger partial charge on any atom is 0.223 e. The molecule has 27 heavy (non-hydrogen) atoms. The zero-order chi connectivity index (χ0) is 19.4. The van der Waals surface area contributed by atoms with Gasteiger partial charge in [-0.05, 0) is 85.9 Å². The maximum atomic E-state index is 12.8. The van der Waals surface area contributed by atoms with Gasteiger partial charge in [-0.25, -0.2) is 0 Å². The van der Waals surface area contributed by atoms with Crippen molar-refractivity contribution in [3.8, 4) is 0 Å². The van der Waals surface area contributed by atoms with E-state index in [9.17, 15) is 15.0 Å². The Kier molecular flexibility index (Phi) is 5.09. The van der Waals surface area contributed by atoms with Gasteiger partial charge in [-0.15, -0.1) is 0 Å². The van der Waals surface area contributed by atoms with Crippen molar-refractivity contribution in [2.75, 3.05) is 13.1 Å². The molecule has 0 aromatic rings. The molecule has 5 N–H and O–H groups in total. The van der Waals surface area contributed by atoms with Crippen LogP contribution in [-0.4, -0.2) is 41.4 Å². The third kappa shape index (κ3) is 2.96. The Bertz CT molecular complexity index is 584. The fraction of sp³-hybridized carbons (Fsp3) is 0.955. The van der Waals surface area contributed by atoms with Crippen LogP contribution in [0.3, 0.4) is 0 Å². The standard InChI is InChI=1S/C22H38N2O3/c1-21-8-7-14(25)11-13(21)3-4-15-16-5-6-17(20(27)24-10-9-23)22(16,2)12-18(26)19(15)21/h13-19,25-26H,3-12,23H2,1-2H3,(H,24,27)/t13?,14?,15?,16?,17-,18?,19?,21?,22+/m1/s1. The number of nitrogens with two attached hydrogens (primary N) is 1. The fourth-order valence-electron chi connectivity index (χ4n) is 8.11. The van der Waals surface area contributed by atoms with Crippen LogP contribution in [0.1, 0.15) is 65.2 Å². The summed E-state index contributed by atoms with van der Waals surface area (Å²) in [7, 11) is 0. The van der Waals surface area contributed by atoms with Crippen LogP contribution < -0.4 is 11.1 Å². The predicted molar refractivity (Wildman–Crippen MR) is 105 cm³/mol. The minimum absolute atomic E-state index is 0.00311. The van der Waals surface area contributed by atoms with Gasteiger partial charge in [0.25, 0.3) is 0 Å². The highest BCUT2D eigenvalue weighted by atomic mass is 16.3. The van der Waals surface area contributed by atoms with E-state index in [1.807, 2.05) is 0 Å². The van der Waals surface area contributed by atoms with Gasteiger partial charge in [0.2, 0.25) is 5.91 Å². The van der Waals surface area contributed by atoms with Crippen molar-refractivity contribution in [3.63, 3.8) is 0 Å². The summed E-state index contributed by atoms with van der Waals surface area (Å²) < 4.78 is 0. The number of fused-ring (bicyclic) bond motifs is 5. The number of amides is 1. The Labute approximate surface area is 163 Å². The summed E-state index contributed by atoms with van der Waals surface area (Å²) in [6.07, 6.45) is 7.40. The number of carbonyl (C=O) groups excluding carboxylic acids is 1. The van der Waals surface area contributed by atoms with E-state index in [1.165, 1.54) is 0 Å². The van der Waals surface area contributed by atoms with Gasteiger partial charge >= 0.3 is 0 Å². The molecule has 0 radical (unpaired) electrons. The molecule has 0 aliphatic heterocycles. The van der Waals surface area contributed by atoms with Crippen molar-refractivity contribution in [1.29, 1.82) is 0 Å². The molecule has 0 aromatic heterocycles. The van der Waals surface area contributed by atoms with Crippen LogP contribution in [0.4, 0.5) is 0 Å². The summed E-state index contributed by atoms with van der Waals surface area (Å²) in [4.78, 5) is 12.8. The zero-order valence-electron chi connectivity index (χ0n) is 17.0. The number of aliphatic hydroxyl groups excluding tert-OH is 2. The Balaban J connectivity index is 1.59. The van der Waals surface area contributed by atoms with E-state index < -0.39 is 0 Å². The lowest BCUT2D eigenvalue weighted by atomic mass is 9.44. The first-order valence-corrected chi connectivity index (χ1v) is 11.1. The second-order valence-electron chi connectivity index (χ2n) is 10.5. The van der Waals surface area contributed by atoms with E-state index in [-0.39, 0.29) is 34.9 Å². The lowest BCUT2D eigenvalue weighted by Gasteiger charge is -2.62. The molecule has 0 aromatic carbocycles. The molecule has 0 heterocycles. The summed E-state index contributed by atoms with van der Waals surface area (Å²) in [6, 6.07) is 0. The summed E-state index contributed by atoms with van der Waals surface area (Å²) in [6.45, 7) is 5.65. The highest BCUT2D eigenvalue weighted by molar-refractivity contribution is 5.80. The van der Waals surface area contributed by atoms with E-state index in [2.05, 4.69) is 19.2 Å². The van der Waals surface area contributed by atoms with Crippen molar-refractivity contribution in [1.82, 2.24) is 5.32 Å². The largest absolute Gasteiger partial charge is 0.393 e. The zero-order valence-corrected chi connectivity index (χ0v) is 17.0. The second kappa shape index (κ2) is 7.00. The predicted octanol–water partition coefficient (Wildman–Crippen LogP) is 2.05. The Morgan fingerprint density at radius 2 is 1.89 bits per heavy atom. The Morgan fingerprint density at radius 3 is 2.63 bits per heavy atom. The molecule has 4 rings (SSSR count). The molecular formula is C22H38N2O3. The third-order valence-electron chi connectivity index (χ3n) is 9.33. The van der Waals surface area contributed by atoms with Gasteiger partial charge in [0, 0.05) is 19.0 Å². The van der Waals surface area contributed by atoms with Crippen molar-refractivity contribution in [2.45, 2.75) is 77.4 Å². The molecule has 7 unspecified atom stereocenters. The molecule has 0 bridgehead atoms. The van der Waals surface area contributed by atoms with Crippen LogP contribution in [-0.2, 0) is 4.79 Å². The molecule has 154 valence electrons. The molecule has 5 heteroatoms. The first kappa shape index (κ1) is 19.7. The van der Waals surface area contributed by atoms with Gasteiger partial charge in [0.1, 0.15) is 0 Å². The molecule has 1 amide bonds. The highest BCUT2D eigenvalue weighted by Gasteiger charge is 2.63. The van der Waals surface area contributed by atoms with Crippen LogP contribution in [0.2, 0.25) is 0 Å². The lowest BCUT2D eigenvalue weighted by molar-refractivity contribution is -0.179. The number of aliphatic hydroxyl groups is 2. The van der Waals surface area contributed by atoms with E-state index >= 15 is 0 Å². The minimum Gasteiger partial charge on any atom is -0.393 e. The van der Waals surface area contributed by atoms with Gasteiger partial charge in [-0.3, -0.25) is 4.79 Å². The lowest BCUT2D eigenvalue weighted by Crippen LogP contribution is -2.59. The average Bonchev–Trinajstić information content (AvgIpc) is 2.96. The van der Waals surface area contributed by atoms with Crippen molar-refractivity contribution in [2.24, 2.45) is 46.2 Å². The van der Waals surface area contributed by atoms with Gasteiger partial charge < -0.3 is 21.3 Å². The van der Waals surface area contributed by atoms with Crippen LogP contribution in [0.15, 0.2) is 0 Å². The Morgan fingerprint density at radius 1 is 1.11 bits per heavy atom. The topological polar surface area (TPSA) is 95.6 Å². The van der Waals surface area contributed by atoms with Gasteiger partial charge in [0.15, 0.2) is 0 Å². The summed E-state index contributed by atoms with van der Waals surface area (Å²) in [5.74, 6) is 2.05. The Hall–Kier alpha value is -0.650. The average molecular weight is 379 g/mol. The monoisotopic (exact) mass is 378 g/mol. The van der Waals surface area contributed by atoms with Crippen LogP contribution in [0.25, 0.3) is 0 Å². The summed E-state index contributed by atoms with van der Waals surface area (Å²) in [5.41, 5.74) is 5.60. The molecule has 4 saturated carbocycles. The minimum atomic E-state index is -0.331. The molecular weight excluding hydrogens is 340 g/mol. The van der Waals surface area contributed by atoms with E-state index in [4.69, 9.17) is 5.73 Å². The molecule has 0 saturated heterocycles. The van der Waals surface area contributed by atoms with Crippen LogP contribution in [0.5, 0.6) is 0 Å². The van der Waals surface area contributed by atoms with Gasteiger partial charge in [-0.1, -0.05) is 13.8 Å². The molecule has 0 spiro atoms. The molecule has 4 fully saturated rings. The van der Waals surface area contributed by atoms with Crippen molar-refractivity contribution >= 4 is 5.91 Å². The normalized spacial score (nSPS) is 51.8. The number of carbonyl (C=O) groups is 1. The van der Waals surface area contributed by atoms with Crippen molar-refractivity contribution in [3.05, 3.63) is 0 Å². The van der Waals surface area contributed by atoms with Crippen LogP contribution >= 0.6 is 0 Å². The fourth-order valence-corrected chi connectivity index (χ4v) is 8.11. The first-order valence-electron chi connectivity index (χ1n) is 11.1. The number of nitrogens with one attached hydrogen (secondary N) is 1. The van der Waals surface area contributed by atoms with Crippen LogP contribution in [0, 0.1) is 40.4 Å². The van der Waals surface area contributed by atoms with Gasteiger partial charge in [-0.2, -0.15) is 0 Å². The highest BCUT2D eigenvalue weighted by Crippen LogP contribution is 2.67. The smallest absolute Gasteiger partial charge is 0.223 e. The van der Waals surface area contributed by atoms with E-state index in [0.29, 0.717) is 36.8 Å². The second-order valence-corrected chi connectivity index (χ2v) is 10.5. The van der Waals surface area contributed by atoms with Crippen molar-refractivity contribution < 1.29 is 15.0 Å². The molecule has 4 aliphatic carbocycles.